The molecule has 2 unspecified atom stereocenters. The number of nitrogens with one attached hydrogen (secondary N) is 1. The van der Waals surface area contributed by atoms with Crippen molar-refractivity contribution >= 4 is 11.6 Å². The summed E-state index contributed by atoms with van der Waals surface area (Å²) >= 11 is 0. The summed E-state index contributed by atoms with van der Waals surface area (Å²) in [6.45, 7) is 1.76. The Balaban J connectivity index is 2.21. The number of hydrogen-bond acceptors (Lipinski definition) is 5. The maximum atomic E-state index is 11.6. The first kappa shape index (κ1) is 15.2. The van der Waals surface area contributed by atoms with Crippen molar-refractivity contribution in [1.29, 1.82) is 0 Å². The summed E-state index contributed by atoms with van der Waals surface area (Å²) in [5.41, 5.74) is 5.29. The molecule has 1 aliphatic rings. The van der Waals surface area contributed by atoms with Crippen LogP contribution in [0.3, 0.4) is 0 Å². The van der Waals surface area contributed by atoms with Crippen LogP contribution in [0.25, 0.3) is 0 Å². The first-order valence-corrected chi connectivity index (χ1v) is 6.79. The number of nitrogens with zero attached hydrogens (tertiary/aromatic N) is 1. The van der Waals surface area contributed by atoms with Crippen LogP contribution in [-0.2, 0) is 4.79 Å². The third-order valence-electron chi connectivity index (χ3n) is 4.09. The molecule has 0 heterocycles. The minimum atomic E-state index is -0.790. The Hall–Kier alpha value is -2.15. The summed E-state index contributed by atoms with van der Waals surface area (Å²) in [5.74, 6) is -0.153. The molecule has 3 N–H and O–H groups in total. The summed E-state index contributed by atoms with van der Waals surface area (Å²) in [4.78, 5) is 22.2. The highest BCUT2D eigenvalue weighted by atomic mass is 16.6. The van der Waals surface area contributed by atoms with Crippen LogP contribution in [0.5, 0.6) is 5.75 Å². The lowest BCUT2D eigenvalue weighted by molar-refractivity contribution is -0.386. The van der Waals surface area contributed by atoms with Crippen LogP contribution in [0.15, 0.2) is 18.2 Å². The number of para-hydroxylation sites is 1. The largest absolute Gasteiger partial charge is 0.483 e. The molecule has 114 valence electrons. The standard InChI is InChI=1S/C14H19N3O4/c1-9-4-3-5-11(17(19)20)12(9)21-10-6-7-14(8-10,16-2)13(15)18/h3-5,10,16H,6-8H2,1-2H3,(H2,15,18). The summed E-state index contributed by atoms with van der Waals surface area (Å²) in [6, 6.07) is 4.80. The number of amides is 1. The fraction of sp³-hybridized carbons (Fsp3) is 0.500. The highest BCUT2D eigenvalue weighted by molar-refractivity contribution is 5.85. The molecule has 1 amide bonds. The summed E-state index contributed by atoms with van der Waals surface area (Å²) in [7, 11) is 1.68. The van der Waals surface area contributed by atoms with Crippen LogP contribution in [0.2, 0.25) is 0 Å². The van der Waals surface area contributed by atoms with E-state index >= 15 is 0 Å². The molecule has 0 radical (unpaired) electrons. The number of aryl methyl sites for hydroxylation is 1. The highest BCUT2D eigenvalue weighted by Crippen LogP contribution is 2.37. The molecule has 0 bridgehead atoms. The second kappa shape index (κ2) is 5.69. The second-order valence-corrected chi connectivity index (χ2v) is 5.36. The molecule has 7 nitrogen and oxygen atoms in total. The molecule has 0 saturated heterocycles. The van der Waals surface area contributed by atoms with E-state index in [-0.39, 0.29) is 17.5 Å². The van der Waals surface area contributed by atoms with Crippen molar-refractivity contribution in [1.82, 2.24) is 5.32 Å². The molecule has 0 aromatic heterocycles. The van der Waals surface area contributed by atoms with Gasteiger partial charge in [-0.05, 0) is 32.4 Å². The fourth-order valence-corrected chi connectivity index (χ4v) is 2.78. The summed E-state index contributed by atoms with van der Waals surface area (Å²) in [6.07, 6.45) is 1.31. The van der Waals surface area contributed by atoms with E-state index < -0.39 is 16.4 Å². The van der Waals surface area contributed by atoms with Crippen LogP contribution in [0, 0.1) is 17.0 Å². The van der Waals surface area contributed by atoms with Gasteiger partial charge in [0.25, 0.3) is 0 Å². The predicted molar refractivity (Wildman–Crippen MR) is 77.1 cm³/mol. The molecule has 7 heteroatoms. The number of ether oxygens (including phenoxy) is 1. The van der Waals surface area contributed by atoms with Crippen molar-refractivity contribution in [2.24, 2.45) is 5.73 Å². The van der Waals surface area contributed by atoms with Crippen LogP contribution in [0.4, 0.5) is 5.69 Å². The van der Waals surface area contributed by atoms with Gasteiger partial charge >= 0.3 is 5.69 Å². The Labute approximate surface area is 122 Å². The monoisotopic (exact) mass is 293 g/mol. The van der Waals surface area contributed by atoms with Gasteiger partial charge in [0.1, 0.15) is 11.6 Å². The first-order chi connectivity index (χ1) is 9.89. The van der Waals surface area contributed by atoms with Crippen LogP contribution < -0.4 is 15.8 Å². The van der Waals surface area contributed by atoms with E-state index in [4.69, 9.17) is 10.5 Å². The smallest absolute Gasteiger partial charge is 0.311 e. The zero-order valence-electron chi connectivity index (χ0n) is 12.1. The Morgan fingerprint density at radius 2 is 2.29 bits per heavy atom. The minimum absolute atomic E-state index is 0.0592. The van der Waals surface area contributed by atoms with Gasteiger partial charge in [-0.2, -0.15) is 0 Å². The van der Waals surface area contributed by atoms with Crippen LogP contribution >= 0.6 is 0 Å². The molecule has 1 aromatic rings. The van der Waals surface area contributed by atoms with Gasteiger partial charge in [0.2, 0.25) is 5.91 Å². The average molecular weight is 293 g/mol. The first-order valence-electron chi connectivity index (χ1n) is 6.79. The zero-order valence-corrected chi connectivity index (χ0v) is 12.1. The molecule has 1 saturated carbocycles. The molecule has 1 fully saturated rings. The fourth-order valence-electron chi connectivity index (χ4n) is 2.78. The van der Waals surface area contributed by atoms with Gasteiger partial charge < -0.3 is 15.8 Å². The maximum Gasteiger partial charge on any atom is 0.311 e. The van der Waals surface area contributed by atoms with Crippen molar-refractivity contribution in [3.8, 4) is 5.75 Å². The number of hydrogen-bond donors (Lipinski definition) is 2. The van der Waals surface area contributed by atoms with Crippen LogP contribution in [0.1, 0.15) is 24.8 Å². The van der Waals surface area contributed by atoms with Crippen molar-refractivity contribution in [2.45, 2.75) is 37.8 Å². The number of rotatable bonds is 5. The maximum absolute atomic E-state index is 11.6. The SMILES string of the molecule is CNC1(C(N)=O)CCC(Oc2c(C)cccc2[N+](=O)[O-])C1. The lowest BCUT2D eigenvalue weighted by Gasteiger charge is -2.25. The normalized spacial score (nSPS) is 24.8. The van der Waals surface area contributed by atoms with E-state index in [2.05, 4.69) is 5.32 Å². The van der Waals surface area contributed by atoms with Crippen molar-refractivity contribution in [2.75, 3.05) is 7.05 Å². The molecule has 2 atom stereocenters. The van der Waals surface area contributed by atoms with E-state index in [1.807, 2.05) is 0 Å². The van der Waals surface area contributed by atoms with Gasteiger partial charge in [0, 0.05) is 12.5 Å². The highest BCUT2D eigenvalue weighted by Gasteiger charge is 2.44. The van der Waals surface area contributed by atoms with Gasteiger partial charge in [-0.1, -0.05) is 12.1 Å². The molecule has 21 heavy (non-hydrogen) atoms. The van der Waals surface area contributed by atoms with Gasteiger partial charge in [0.15, 0.2) is 5.75 Å². The van der Waals surface area contributed by atoms with Gasteiger partial charge in [-0.15, -0.1) is 0 Å². The topological polar surface area (TPSA) is 107 Å². The van der Waals surface area contributed by atoms with E-state index in [1.165, 1.54) is 6.07 Å². The number of carbonyl (C=O) groups excluding carboxylic acids is 1. The predicted octanol–water partition coefficient (Wildman–Crippen LogP) is 1.28. The molecule has 0 aliphatic heterocycles. The molecule has 2 rings (SSSR count). The Morgan fingerprint density at radius 3 is 2.81 bits per heavy atom. The molecule has 0 spiro atoms. The van der Waals surface area contributed by atoms with E-state index in [9.17, 15) is 14.9 Å². The van der Waals surface area contributed by atoms with Crippen molar-refractivity contribution in [3.05, 3.63) is 33.9 Å². The number of nitrogens with two attached hydrogens (primary N) is 1. The minimum Gasteiger partial charge on any atom is -0.483 e. The lowest BCUT2D eigenvalue weighted by Crippen LogP contribution is -2.52. The Morgan fingerprint density at radius 1 is 1.57 bits per heavy atom. The number of nitro benzene ring substituents is 1. The van der Waals surface area contributed by atoms with Crippen LogP contribution in [-0.4, -0.2) is 29.5 Å². The molecule has 1 aromatic carbocycles. The van der Waals surface area contributed by atoms with Gasteiger partial charge in [-0.3, -0.25) is 14.9 Å². The number of benzene rings is 1. The van der Waals surface area contributed by atoms with E-state index in [0.29, 0.717) is 24.8 Å². The lowest BCUT2D eigenvalue weighted by atomic mass is 9.97. The zero-order chi connectivity index (χ0) is 15.6. The van der Waals surface area contributed by atoms with Gasteiger partial charge in [-0.25, -0.2) is 0 Å². The average Bonchev–Trinajstić information content (AvgIpc) is 2.85. The number of likely N-dealkylation sites (N-methyl/N-ethyl adjacent to an activating group) is 1. The number of nitro groups is 1. The Kier molecular flexibility index (Phi) is 4.13. The number of primary amides is 1. The van der Waals surface area contributed by atoms with Crippen molar-refractivity contribution in [3.63, 3.8) is 0 Å². The summed E-state index contributed by atoms with van der Waals surface area (Å²) < 4.78 is 5.82. The Bertz CT molecular complexity index is 575. The summed E-state index contributed by atoms with van der Waals surface area (Å²) in [5, 5.41) is 14.0. The molecular weight excluding hydrogens is 274 g/mol. The third-order valence-corrected chi connectivity index (χ3v) is 4.09. The molecule has 1 aliphatic carbocycles. The van der Waals surface area contributed by atoms with Gasteiger partial charge in [0.05, 0.1) is 4.92 Å². The van der Waals surface area contributed by atoms with E-state index in [0.717, 1.165) is 0 Å². The molecular formula is C14H19N3O4. The van der Waals surface area contributed by atoms with E-state index in [1.54, 1.807) is 26.1 Å². The van der Waals surface area contributed by atoms with Crippen molar-refractivity contribution < 1.29 is 14.5 Å². The number of carbonyl (C=O) groups is 1. The third kappa shape index (κ3) is 2.82. The quantitative estimate of drug-likeness (QED) is 0.628. The second-order valence-electron chi connectivity index (χ2n) is 5.36.